The summed E-state index contributed by atoms with van der Waals surface area (Å²) >= 11 is 0. The van der Waals surface area contributed by atoms with Crippen LogP contribution in [0.5, 0.6) is 0 Å². The van der Waals surface area contributed by atoms with E-state index in [-0.39, 0.29) is 18.1 Å². The van der Waals surface area contributed by atoms with E-state index in [1.54, 1.807) is 0 Å². The van der Waals surface area contributed by atoms with Crippen LogP contribution < -0.4 is 5.32 Å². The highest BCUT2D eigenvalue weighted by atomic mass is 16.2. The molecule has 1 amide bonds. The molecule has 0 atom stereocenters. The molecular weight excluding hydrogens is 250 g/mol. The van der Waals surface area contributed by atoms with Crippen molar-refractivity contribution in [2.45, 2.75) is 45.1 Å². The number of nitrogens with one attached hydrogen (secondary N) is 1. The molecule has 20 heavy (non-hydrogen) atoms. The summed E-state index contributed by atoms with van der Waals surface area (Å²) in [6.07, 6.45) is 4.40. The Morgan fingerprint density at radius 1 is 1.40 bits per heavy atom. The van der Waals surface area contributed by atoms with E-state index >= 15 is 0 Å². The second-order valence-electron chi connectivity index (χ2n) is 5.73. The quantitative estimate of drug-likeness (QED) is 0.812. The Labute approximate surface area is 120 Å². The third-order valence-electron chi connectivity index (χ3n) is 3.84. The molecule has 2 N–H and O–H groups in total. The molecule has 3 nitrogen and oxygen atoms in total. The second-order valence-corrected chi connectivity index (χ2v) is 5.73. The van der Waals surface area contributed by atoms with Crippen LogP contribution in [0.4, 0.5) is 0 Å². The van der Waals surface area contributed by atoms with Gasteiger partial charge in [0.15, 0.2) is 0 Å². The Hall–Kier alpha value is -1.79. The van der Waals surface area contributed by atoms with Crippen molar-refractivity contribution in [1.29, 1.82) is 0 Å². The molecule has 106 valence electrons. The van der Waals surface area contributed by atoms with Crippen LogP contribution >= 0.6 is 0 Å². The molecule has 0 saturated heterocycles. The van der Waals surface area contributed by atoms with E-state index in [0.717, 1.165) is 18.4 Å². The van der Waals surface area contributed by atoms with Crippen molar-refractivity contribution in [3.05, 3.63) is 34.9 Å². The van der Waals surface area contributed by atoms with E-state index < -0.39 is 0 Å². The molecule has 1 aromatic rings. The molecule has 0 heterocycles. The van der Waals surface area contributed by atoms with Crippen molar-refractivity contribution in [2.24, 2.45) is 0 Å². The number of benzene rings is 1. The summed E-state index contributed by atoms with van der Waals surface area (Å²) in [5.74, 6) is 5.39. The standard InChI is InChI=1S/C17H21NO2/c1-13-7-8-14(6-5-11-19)15(12-13)16(20)18-17(2)9-3-4-10-17/h7-8,12,19H,3-4,9-11H2,1-2H3,(H,18,20). The molecule has 1 aromatic carbocycles. The first-order chi connectivity index (χ1) is 9.54. The number of aryl methyl sites for hydroxylation is 1. The summed E-state index contributed by atoms with van der Waals surface area (Å²) in [5.41, 5.74) is 2.20. The molecule has 0 radical (unpaired) electrons. The average molecular weight is 271 g/mol. The fourth-order valence-corrected chi connectivity index (χ4v) is 2.71. The van der Waals surface area contributed by atoms with Crippen LogP contribution in [-0.4, -0.2) is 23.2 Å². The molecule has 0 aromatic heterocycles. The van der Waals surface area contributed by atoms with Crippen LogP contribution in [0.15, 0.2) is 18.2 Å². The number of rotatable bonds is 2. The molecule has 3 heteroatoms. The van der Waals surface area contributed by atoms with Crippen LogP contribution in [0.25, 0.3) is 0 Å². The van der Waals surface area contributed by atoms with Gasteiger partial charge in [-0.25, -0.2) is 0 Å². The van der Waals surface area contributed by atoms with Crippen LogP contribution in [-0.2, 0) is 0 Å². The first-order valence-corrected chi connectivity index (χ1v) is 7.07. The Bertz CT molecular complexity index is 560. The van der Waals surface area contributed by atoms with Gasteiger partial charge in [-0.1, -0.05) is 36.3 Å². The highest BCUT2D eigenvalue weighted by Gasteiger charge is 2.30. The van der Waals surface area contributed by atoms with Gasteiger partial charge < -0.3 is 10.4 Å². The maximum Gasteiger partial charge on any atom is 0.252 e. The molecule has 0 aliphatic heterocycles. The predicted octanol–water partition coefficient (Wildman–Crippen LogP) is 2.40. The van der Waals surface area contributed by atoms with Gasteiger partial charge >= 0.3 is 0 Å². The predicted molar refractivity (Wildman–Crippen MR) is 79.5 cm³/mol. The fourth-order valence-electron chi connectivity index (χ4n) is 2.71. The third-order valence-corrected chi connectivity index (χ3v) is 3.84. The van der Waals surface area contributed by atoms with Crippen LogP contribution in [0.1, 0.15) is 54.1 Å². The van der Waals surface area contributed by atoms with Crippen molar-refractivity contribution < 1.29 is 9.90 Å². The van der Waals surface area contributed by atoms with Gasteiger partial charge in [0.2, 0.25) is 0 Å². The number of carbonyl (C=O) groups is 1. The third kappa shape index (κ3) is 3.40. The zero-order chi connectivity index (χ0) is 14.6. The van der Waals surface area contributed by atoms with Gasteiger partial charge in [0.05, 0.1) is 5.56 Å². The lowest BCUT2D eigenvalue weighted by Gasteiger charge is -2.25. The number of aliphatic hydroxyl groups is 1. The lowest BCUT2D eigenvalue weighted by molar-refractivity contribution is 0.0908. The van der Waals surface area contributed by atoms with Crippen molar-refractivity contribution >= 4 is 5.91 Å². The Morgan fingerprint density at radius 3 is 2.75 bits per heavy atom. The summed E-state index contributed by atoms with van der Waals surface area (Å²) in [6.45, 7) is 3.86. The molecule has 1 aliphatic rings. The lowest BCUT2D eigenvalue weighted by Crippen LogP contribution is -2.43. The van der Waals surface area contributed by atoms with E-state index in [9.17, 15) is 4.79 Å². The van der Waals surface area contributed by atoms with Gasteiger partial charge in [0.1, 0.15) is 6.61 Å². The molecule has 0 unspecified atom stereocenters. The number of amides is 1. The van der Waals surface area contributed by atoms with Crippen molar-refractivity contribution in [3.8, 4) is 11.8 Å². The number of carbonyl (C=O) groups excluding carboxylic acids is 1. The first-order valence-electron chi connectivity index (χ1n) is 7.07. The zero-order valence-corrected chi connectivity index (χ0v) is 12.1. The lowest BCUT2D eigenvalue weighted by atomic mass is 9.98. The zero-order valence-electron chi connectivity index (χ0n) is 12.1. The smallest absolute Gasteiger partial charge is 0.252 e. The molecular formula is C17H21NO2. The summed E-state index contributed by atoms with van der Waals surface area (Å²) < 4.78 is 0. The monoisotopic (exact) mass is 271 g/mol. The Morgan fingerprint density at radius 2 is 2.10 bits per heavy atom. The first kappa shape index (κ1) is 14.6. The van der Waals surface area contributed by atoms with Crippen LogP contribution in [0.2, 0.25) is 0 Å². The van der Waals surface area contributed by atoms with E-state index in [0.29, 0.717) is 11.1 Å². The molecule has 2 rings (SSSR count). The summed E-state index contributed by atoms with van der Waals surface area (Å²) in [4.78, 5) is 12.5. The second kappa shape index (κ2) is 6.11. The summed E-state index contributed by atoms with van der Waals surface area (Å²) in [5, 5.41) is 12.0. The number of hydrogen-bond donors (Lipinski definition) is 2. The minimum absolute atomic E-state index is 0.0691. The van der Waals surface area contributed by atoms with Crippen molar-refractivity contribution in [2.75, 3.05) is 6.61 Å². The maximum atomic E-state index is 12.5. The Kier molecular flexibility index (Phi) is 4.46. The SMILES string of the molecule is Cc1ccc(C#CCO)c(C(=O)NC2(C)CCCC2)c1. The van der Waals surface area contributed by atoms with Gasteiger partial charge in [-0.3, -0.25) is 4.79 Å². The fraction of sp³-hybridized carbons (Fsp3) is 0.471. The van der Waals surface area contributed by atoms with Crippen molar-refractivity contribution in [3.63, 3.8) is 0 Å². The van der Waals surface area contributed by atoms with Gasteiger partial charge in [-0.2, -0.15) is 0 Å². The molecule has 1 fully saturated rings. The highest BCUT2D eigenvalue weighted by Crippen LogP contribution is 2.29. The number of hydrogen-bond acceptors (Lipinski definition) is 2. The normalized spacial score (nSPS) is 16.4. The molecule has 1 aliphatic carbocycles. The molecule has 1 saturated carbocycles. The highest BCUT2D eigenvalue weighted by molar-refractivity contribution is 5.97. The van der Waals surface area contributed by atoms with E-state index in [1.807, 2.05) is 25.1 Å². The van der Waals surface area contributed by atoms with Gasteiger partial charge in [-0.05, 0) is 38.8 Å². The Balaban J connectivity index is 2.26. The van der Waals surface area contributed by atoms with E-state index in [1.165, 1.54) is 12.8 Å². The summed E-state index contributed by atoms with van der Waals surface area (Å²) in [6, 6.07) is 5.62. The minimum Gasteiger partial charge on any atom is -0.384 e. The van der Waals surface area contributed by atoms with Crippen LogP contribution in [0.3, 0.4) is 0 Å². The molecule has 0 bridgehead atoms. The van der Waals surface area contributed by atoms with E-state index in [2.05, 4.69) is 24.1 Å². The minimum atomic E-state index is -0.202. The van der Waals surface area contributed by atoms with Crippen molar-refractivity contribution in [1.82, 2.24) is 5.32 Å². The van der Waals surface area contributed by atoms with Gasteiger partial charge in [0, 0.05) is 11.1 Å². The van der Waals surface area contributed by atoms with Gasteiger partial charge in [0.25, 0.3) is 5.91 Å². The summed E-state index contributed by atoms with van der Waals surface area (Å²) in [7, 11) is 0. The average Bonchev–Trinajstić information content (AvgIpc) is 2.83. The topological polar surface area (TPSA) is 49.3 Å². The van der Waals surface area contributed by atoms with Crippen LogP contribution in [0, 0.1) is 18.8 Å². The van der Waals surface area contributed by atoms with Gasteiger partial charge in [-0.15, -0.1) is 0 Å². The largest absolute Gasteiger partial charge is 0.384 e. The maximum absolute atomic E-state index is 12.5. The van der Waals surface area contributed by atoms with E-state index in [4.69, 9.17) is 5.11 Å². The number of aliphatic hydroxyl groups excluding tert-OH is 1. The molecule has 0 spiro atoms.